The van der Waals surface area contributed by atoms with Gasteiger partial charge >= 0.3 is 6.09 Å². The third kappa shape index (κ3) is 3.73. The number of amides is 1. The van der Waals surface area contributed by atoms with Crippen molar-refractivity contribution < 1.29 is 33.3 Å². The second-order valence-electron chi connectivity index (χ2n) is 6.44. The lowest BCUT2D eigenvalue weighted by atomic mass is 9.95. The summed E-state index contributed by atoms with van der Waals surface area (Å²) in [4.78, 5) is 27.9. The largest absolute Gasteiger partial charge is 0.505 e. The van der Waals surface area contributed by atoms with Crippen molar-refractivity contribution in [2.75, 3.05) is 6.61 Å². The first kappa shape index (κ1) is 21.0. The van der Waals surface area contributed by atoms with Gasteiger partial charge in [0, 0.05) is 22.7 Å². The number of carbonyl (C=O) groups excluding carboxylic acids is 1. The van der Waals surface area contributed by atoms with Gasteiger partial charge < -0.3 is 20.3 Å². The van der Waals surface area contributed by atoms with Gasteiger partial charge in [0.2, 0.25) is 5.88 Å². The van der Waals surface area contributed by atoms with Crippen LogP contribution in [0.15, 0.2) is 36.5 Å². The topological polar surface area (TPSA) is 109 Å². The van der Waals surface area contributed by atoms with Gasteiger partial charge in [0.15, 0.2) is 17.3 Å². The second-order valence-corrected chi connectivity index (χ2v) is 6.44. The number of aromatic nitrogens is 1. The van der Waals surface area contributed by atoms with Crippen LogP contribution in [-0.2, 0) is 0 Å². The Morgan fingerprint density at radius 2 is 1.97 bits per heavy atom. The Hall–Kier alpha value is -3.75. The Balaban J connectivity index is 2.13. The number of carboxylic acid groups (broad SMARTS) is 1. The van der Waals surface area contributed by atoms with Gasteiger partial charge in [0.05, 0.1) is 18.2 Å². The summed E-state index contributed by atoms with van der Waals surface area (Å²) < 4.78 is 35.0. The summed E-state index contributed by atoms with van der Waals surface area (Å²) in [7, 11) is 0. The van der Waals surface area contributed by atoms with E-state index >= 15 is 0 Å². The van der Waals surface area contributed by atoms with E-state index in [9.17, 15) is 23.5 Å². The molecule has 3 N–H and O–H groups in total. The van der Waals surface area contributed by atoms with Crippen molar-refractivity contribution in [2.24, 2.45) is 0 Å². The molecule has 1 unspecified atom stereocenters. The zero-order valence-electron chi connectivity index (χ0n) is 16.1. The van der Waals surface area contributed by atoms with Crippen LogP contribution in [0.5, 0.6) is 11.6 Å². The molecule has 0 aliphatic rings. The molecule has 3 rings (SSSR count). The maximum absolute atomic E-state index is 14.8. The molecule has 0 saturated heterocycles. The minimum atomic E-state index is -1.47. The molecule has 1 amide bonds. The number of nitrogens with one attached hydrogen (secondary N) is 1. The molecule has 0 saturated carbocycles. The van der Waals surface area contributed by atoms with Gasteiger partial charge in [-0.25, -0.2) is 18.6 Å². The van der Waals surface area contributed by atoms with Gasteiger partial charge in [0.1, 0.15) is 5.82 Å². The average molecular weight is 416 g/mol. The van der Waals surface area contributed by atoms with Crippen LogP contribution in [-0.4, -0.2) is 33.7 Å². The maximum Gasteiger partial charge on any atom is 0.405 e. The number of phenols is 1. The number of benzene rings is 2. The molecule has 0 spiro atoms. The van der Waals surface area contributed by atoms with Crippen LogP contribution in [0.3, 0.4) is 0 Å². The molecule has 0 fully saturated rings. The molecule has 156 valence electrons. The van der Waals surface area contributed by atoms with Crippen molar-refractivity contribution in [1.29, 1.82) is 0 Å². The molecule has 9 heteroatoms. The number of carbonyl (C=O) groups is 2. The number of ether oxygens (including phenoxy) is 1. The number of halogens is 2. The number of pyridine rings is 1. The standard InChI is InChI=1S/C21H18F2N2O5/c1-3-30-20-13-6-4-5-12(11(13)7-8-24-20)18(26)16-15(22)9-14(19(27)17(16)23)10(2)25-21(28)29/h4-10,25,27H,3H2,1-2H3,(H,28,29). The lowest BCUT2D eigenvalue weighted by Gasteiger charge is -2.16. The highest BCUT2D eigenvalue weighted by Gasteiger charge is 2.28. The maximum atomic E-state index is 14.8. The fourth-order valence-electron chi connectivity index (χ4n) is 3.19. The van der Waals surface area contributed by atoms with Gasteiger partial charge in [0.25, 0.3) is 0 Å². The molecular weight excluding hydrogens is 398 g/mol. The van der Waals surface area contributed by atoms with Crippen LogP contribution in [0.4, 0.5) is 13.6 Å². The Morgan fingerprint density at radius 3 is 2.63 bits per heavy atom. The van der Waals surface area contributed by atoms with Crippen molar-refractivity contribution in [2.45, 2.75) is 19.9 Å². The van der Waals surface area contributed by atoms with Gasteiger partial charge in [-0.1, -0.05) is 12.1 Å². The smallest absolute Gasteiger partial charge is 0.405 e. The number of fused-ring (bicyclic) bond motifs is 1. The van der Waals surface area contributed by atoms with Crippen LogP contribution in [0.2, 0.25) is 0 Å². The van der Waals surface area contributed by atoms with Gasteiger partial charge in [-0.05, 0) is 37.4 Å². The Labute approximate surface area is 169 Å². The molecule has 0 aliphatic heterocycles. The van der Waals surface area contributed by atoms with E-state index in [2.05, 4.69) is 4.98 Å². The van der Waals surface area contributed by atoms with Gasteiger partial charge in [-0.15, -0.1) is 0 Å². The highest BCUT2D eigenvalue weighted by atomic mass is 19.1. The van der Waals surface area contributed by atoms with Crippen LogP contribution in [0.1, 0.15) is 41.4 Å². The quantitative estimate of drug-likeness (QED) is 0.520. The number of hydrogen-bond acceptors (Lipinski definition) is 5. The van der Waals surface area contributed by atoms with E-state index in [1.54, 1.807) is 13.0 Å². The molecule has 0 aliphatic carbocycles. The summed E-state index contributed by atoms with van der Waals surface area (Å²) in [5.74, 6) is -4.40. The zero-order chi connectivity index (χ0) is 22.0. The highest BCUT2D eigenvalue weighted by molar-refractivity contribution is 6.17. The van der Waals surface area contributed by atoms with Gasteiger partial charge in [-0.3, -0.25) is 4.79 Å². The lowest BCUT2D eigenvalue weighted by molar-refractivity contribution is 0.103. The highest BCUT2D eigenvalue weighted by Crippen LogP contribution is 2.34. The number of aromatic hydroxyl groups is 1. The van der Waals surface area contributed by atoms with Crippen LogP contribution < -0.4 is 10.1 Å². The van der Waals surface area contributed by atoms with Crippen molar-refractivity contribution in [3.05, 3.63) is 64.9 Å². The Kier molecular flexibility index (Phi) is 5.81. The SMILES string of the molecule is CCOc1nccc2c(C(=O)c3c(F)cc(C(C)NC(=O)O)c(O)c3F)cccc12. The number of nitrogens with zero attached hydrogens (tertiary/aromatic N) is 1. The molecule has 0 radical (unpaired) electrons. The monoisotopic (exact) mass is 416 g/mol. The first-order valence-electron chi connectivity index (χ1n) is 9.01. The third-order valence-corrected chi connectivity index (χ3v) is 4.55. The normalized spacial score (nSPS) is 11.9. The molecule has 3 aromatic rings. The van der Waals surface area contributed by atoms with Gasteiger partial charge in [-0.2, -0.15) is 0 Å². The van der Waals surface area contributed by atoms with Crippen molar-refractivity contribution >= 4 is 22.6 Å². The lowest BCUT2D eigenvalue weighted by Crippen LogP contribution is -2.25. The number of ketones is 1. The summed E-state index contributed by atoms with van der Waals surface area (Å²) >= 11 is 0. The van der Waals surface area contributed by atoms with Crippen LogP contribution in [0.25, 0.3) is 10.8 Å². The fraction of sp³-hybridized carbons (Fsp3) is 0.190. The van der Waals surface area contributed by atoms with E-state index < -0.39 is 40.9 Å². The summed E-state index contributed by atoms with van der Waals surface area (Å²) in [5, 5.41) is 21.8. The number of rotatable bonds is 6. The summed E-state index contributed by atoms with van der Waals surface area (Å²) in [6.45, 7) is 3.41. The minimum Gasteiger partial charge on any atom is -0.505 e. The summed E-state index contributed by atoms with van der Waals surface area (Å²) in [6.07, 6.45) is -0.0197. The first-order chi connectivity index (χ1) is 14.3. The first-order valence-corrected chi connectivity index (χ1v) is 9.01. The zero-order valence-corrected chi connectivity index (χ0v) is 16.1. The predicted molar refractivity (Wildman–Crippen MR) is 104 cm³/mol. The summed E-state index contributed by atoms with van der Waals surface area (Å²) in [6, 6.07) is 5.75. The van der Waals surface area contributed by atoms with Crippen LogP contribution in [0, 0.1) is 11.6 Å². The fourth-order valence-corrected chi connectivity index (χ4v) is 3.19. The van der Waals surface area contributed by atoms with Crippen molar-refractivity contribution in [3.63, 3.8) is 0 Å². The molecule has 1 heterocycles. The molecule has 30 heavy (non-hydrogen) atoms. The molecule has 1 aromatic heterocycles. The average Bonchev–Trinajstić information content (AvgIpc) is 2.70. The molecule has 0 bridgehead atoms. The van der Waals surface area contributed by atoms with E-state index in [4.69, 9.17) is 9.84 Å². The van der Waals surface area contributed by atoms with Crippen molar-refractivity contribution in [3.8, 4) is 11.6 Å². The van der Waals surface area contributed by atoms with E-state index in [1.807, 2.05) is 5.32 Å². The van der Waals surface area contributed by atoms with E-state index in [-0.39, 0.29) is 17.0 Å². The molecule has 2 aromatic carbocycles. The second kappa shape index (κ2) is 8.32. The van der Waals surface area contributed by atoms with Crippen molar-refractivity contribution in [1.82, 2.24) is 10.3 Å². The molecular formula is C21H18F2N2O5. The predicted octanol–water partition coefficient (Wildman–Crippen LogP) is 4.18. The van der Waals surface area contributed by atoms with E-state index in [0.717, 1.165) is 6.07 Å². The number of phenolic OH excluding ortho intramolecular Hbond substituents is 1. The Bertz CT molecular complexity index is 1150. The van der Waals surface area contributed by atoms with E-state index in [1.165, 1.54) is 31.3 Å². The molecule has 7 nitrogen and oxygen atoms in total. The van der Waals surface area contributed by atoms with E-state index in [0.29, 0.717) is 17.4 Å². The third-order valence-electron chi connectivity index (χ3n) is 4.55. The van der Waals surface area contributed by atoms with Crippen LogP contribution >= 0.6 is 0 Å². The Morgan fingerprint density at radius 1 is 1.23 bits per heavy atom. The minimum absolute atomic E-state index is 0.00230. The molecule has 1 atom stereocenters. The number of hydrogen-bond donors (Lipinski definition) is 3. The summed E-state index contributed by atoms with van der Waals surface area (Å²) in [5.41, 5.74) is -1.27.